The van der Waals surface area contributed by atoms with Gasteiger partial charge in [0.25, 0.3) is 0 Å². The summed E-state index contributed by atoms with van der Waals surface area (Å²) in [6.45, 7) is 3.67. The van der Waals surface area contributed by atoms with Crippen LogP contribution < -0.4 is 5.73 Å². The molecule has 73 heavy (non-hydrogen) atoms. The van der Waals surface area contributed by atoms with Crippen LogP contribution in [0.3, 0.4) is 0 Å². The smallest absolute Gasteiger partial charge is 0.462 e. The molecule has 0 bridgehead atoms. The third-order valence-corrected chi connectivity index (χ3v) is 14.4. The van der Waals surface area contributed by atoms with Gasteiger partial charge in [-0.15, -0.1) is 0 Å². The summed E-state index contributed by atoms with van der Waals surface area (Å²) in [6, 6.07) is 0. The van der Waals surface area contributed by atoms with Crippen LogP contribution in [0.25, 0.3) is 0 Å². The second kappa shape index (κ2) is 59.0. The second-order valence-electron chi connectivity index (χ2n) is 20.5. The van der Waals surface area contributed by atoms with Crippen molar-refractivity contribution in [3.05, 3.63) is 60.8 Å². The van der Waals surface area contributed by atoms with E-state index in [1.807, 2.05) is 0 Å². The molecule has 0 radical (unpaired) electrons. The Bertz CT molecular complexity index is 1380. The number of phosphoric acid groups is 1. The third kappa shape index (κ3) is 58.8. The van der Waals surface area contributed by atoms with Crippen molar-refractivity contribution in [1.82, 2.24) is 0 Å². The molecule has 0 heterocycles. The van der Waals surface area contributed by atoms with Gasteiger partial charge in [0.2, 0.25) is 0 Å². The maximum atomic E-state index is 12.7. The van der Waals surface area contributed by atoms with Gasteiger partial charge >= 0.3 is 19.8 Å². The average Bonchev–Trinajstić information content (AvgIpc) is 3.38. The van der Waals surface area contributed by atoms with Gasteiger partial charge in [0.05, 0.1) is 13.2 Å². The highest BCUT2D eigenvalue weighted by Crippen LogP contribution is 2.43. The number of allylic oxidation sites excluding steroid dienone is 10. The summed E-state index contributed by atoms with van der Waals surface area (Å²) in [6.07, 6.45) is 74.3. The molecule has 3 N–H and O–H groups in total. The standard InChI is InChI=1S/C63H116NO8P/c1-3-5-7-9-11-13-15-17-19-21-23-25-27-28-29-30-31-32-34-36-38-40-42-44-46-48-50-52-54-56-63(66)72-61(60-71-73(67,68)70-58-57-64)59-69-62(65)55-53-51-49-47-45-43-41-39-37-35-33-26-24-22-20-18-16-14-12-10-8-6-4-2/h5,7,11,13,17,19,22-25,61H,3-4,6,8-10,12,14-16,18,20-21,26-60,64H2,1-2H3,(H,67,68)/b7-5-,13-11-,19-17-,24-22-,25-23-. The first-order chi connectivity index (χ1) is 35.8. The summed E-state index contributed by atoms with van der Waals surface area (Å²) in [7, 11) is -4.39. The molecule has 2 unspecified atom stereocenters. The number of hydrogen-bond donors (Lipinski definition) is 2. The SMILES string of the molecule is CC/C=C\C/C=C\C/C=C\C/C=C\CCCCCCCCCCCCCCCCCCC(=O)OC(COC(=O)CCCCCCCCCCCCC/C=C\CCCCCCCCCC)COP(=O)(O)OCCN. The van der Waals surface area contributed by atoms with Crippen LogP contribution in [0.5, 0.6) is 0 Å². The monoisotopic (exact) mass is 1050 g/mol. The van der Waals surface area contributed by atoms with Gasteiger partial charge in [-0.25, -0.2) is 4.57 Å². The van der Waals surface area contributed by atoms with E-state index >= 15 is 0 Å². The number of ether oxygens (including phenoxy) is 2. The third-order valence-electron chi connectivity index (χ3n) is 13.4. The van der Waals surface area contributed by atoms with Crippen LogP contribution in [0.15, 0.2) is 60.8 Å². The van der Waals surface area contributed by atoms with E-state index in [1.165, 1.54) is 199 Å². The second-order valence-corrected chi connectivity index (χ2v) is 22.0. The lowest BCUT2D eigenvalue weighted by atomic mass is 10.0. The number of hydrogen-bond acceptors (Lipinski definition) is 8. The Balaban J connectivity index is 3.92. The molecule has 0 saturated heterocycles. The van der Waals surface area contributed by atoms with Crippen LogP contribution in [-0.4, -0.2) is 49.3 Å². The fraction of sp³-hybridized carbons (Fsp3) is 0.810. The Hall–Kier alpha value is -2.29. The van der Waals surface area contributed by atoms with Crippen molar-refractivity contribution in [3.8, 4) is 0 Å². The molecule has 0 rings (SSSR count). The Labute approximate surface area is 450 Å². The fourth-order valence-corrected chi connectivity index (χ4v) is 9.63. The predicted octanol–water partition coefficient (Wildman–Crippen LogP) is 19.5. The van der Waals surface area contributed by atoms with Crippen LogP contribution in [0.2, 0.25) is 0 Å². The minimum Gasteiger partial charge on any atom is -0.462 e. The Morgan fingerprint density at radius 3 is 1.14 bits per heavy atom. The topological polar surface area (TPSA) is 134 Å². The zero-order valence-electron chi connectivity index (χ0n) is 47.6. The van der Waals surface area contributed by atoms with Gasteiger partial charge in [-0.3, -0.25) is 18.6 Å². The molecule has 10 heteroatoms. The first-order valence-corrected chi connectivity index (χ1v) is 32.3. The van der Waals surface area contributed by atoms with Crippen LogP contribution in [0.4, 0.5) is 0 Å². The number of nitrogens with two attached hydrogens (primary N) is 1. The zero-order valence-corrected chi connectivity index (χ0v) is 48.5. The normalized spacial score (nSPS) is 13.4. The van der Waals surface area contributed by atoms with E-state index in [0.29, 0.717) is 6.42 Å². The van der Waals surface area contributed by atoms with E-state index in [1.54, 1.807) is 0 Å². The van der Waals surface area contributed by atoms with Crippen LogP contribution in [0, 0.1) is 0 Å². The molecule has 2 atom stereocenters. The van der Waals surface area contributed by atoms with E-state index in [0.717, 1.165) is 64.2 Å². The average molecular weight is 1050 g/mol. The summed E-state index contributed by atoms with van der Waals surface area (Å²) in [5, 5.41) is 0. The lowest BCUT2D eigenvalue weighted by Gasteiger charge is -2.19. The van der Waals surface area contributed by atoms with Crippen LogP contribution >= 0.6 is 7.82 Å². The largest absolute Gasteiger partial charge is 0.472 e. The molecule has 0 amide bonds. The first kappa shape index (κ1) is 70.7. The molecule has 0 aliphatic carbocycles. The first-order valence-electron chi connectivity index (χ1n) is 30.8. The maximum absolute atomic E-state index is 12.7. The summed E-state index contributed by atoms with van der Waals surface area (Å²) < 4.78 is 33.1. The fourth-order valence-electron chi connectivity index (χ4n) is 8.86. The van der Waals surface area contributed by atoms with Crippen molar-refractivity contribution in [2.24, 2.45) is 5.73 Å². The van der Waals surface area contributed by atoms with Gasteiger partial charge in [0.15, 0.2) is 6.10 Å². The summed E-state index contributed by atoms with van der Waals surface area (Å²) in [4.78, 5) is 35.2. The Morgan fingerprint density at radius 2 is 0.753 bits per heavy atom. The van der Waals surface area contributed by atoms with E-state index in [-0.39, 0.29) is 38.6 Å². The van der Waals surface area contributed by atoms with E-state index in [2.05, 4.69) is 74.6 Å². The highest BCUT2D eigenvalue weighted by atomic mass is 31.2. The van der Waals surface area contributed by atoms with Crippen LogP contribution in [-0.2, 0) is 32.7 Å². The van der Waals surface area contributed by atoms with Gasteiger partial charge in [0.1, 0.15) is 6.61 Å². The number of carbonyl (C=O) groups excluding carboxylic acids is 2. The van der Waals surface area contributed by atoms with Crippen molar-refractivity contribution in [2.45, 2.75) is 302 Å². The number of phosphoric ester groups is 1. The molecule has 0 spiro atoms. The Kier molecular flexibility index (Phi) is 57.1. The Morgan fingerprint density at radius 1 is 0.425 bits per heavy atom. The zero-order chi connectivity index (χ0) is 53.1. The molecule has 9 nitrogen and oxygen atoms in total. The molecular formula is C63H116NO8P. The lowest BCUT2D eigenvalue weighted by molar-refractivity contribution is -0.161. The lowest BCUT2D eigenvalue weighted by Crippen LogP contribution is -2.29. The number of rotatable bonds is 58. The van der Waals surface area contributed by atoms with Crippen molar-refractivity contribution >= 4 is 19.8 Å². The number of carbonyl (C=O) groups is 2. The van der Waals surface area contributed by atoms with Crippen molar-refractivity contribution in [1.29, 1.82) is 0 Å². The van der Waals surface area contributed by atoms with E-state index < -0.39 is 26.5 Å². The van der Waals surface area contributed by atoms with Gasteiger partial charge in [-0.1, -0.05) is 267 Å². The van der Waals surface area contributed by atoms with Gasteiger partial charge in [-0.05, 0) is 77.0 Å². The van der Waals surface area contributed by atoms with Gasteiger partial charge in [0, 0.05) is 19.4 Å². The molecule has 0 fully saturated rings. The number of esters is 2. The molecule has 0 aliphatic heterocycles. The van der Waals surface area contributed by atoms with Crippen LogP contribution in [0.1, 0.15) is 296 Å². The highest BCUT2D eigenvalue weighted by molar-refractivity contribution is 7.47. The van der Waals surface area contributed by atoms with Gasteiger partial charge < -0.3 is 20.1 Å². The molecule has 0 aliphatic rings. The molecule has 426 valence electrons. The summed E-state index contributed by atoms with van der Waals surface area (Å²) >= 11 is 0. The van der Waals surface area contributed by atoms with Gasteiger partial charge in [-0.2, -0.15) is 0 Å². The molecular weight excluding hydrogens is 930 g/mol. The number of unbranched alkanes of at least 4 members (excludes halogenated alkanes) is 35. The minimum absolute atomic E-state index is 0.0533. The molecule has 0 aromatic heterocycles. The summed E-state index contributed by atoms with van der Waals surface area (Å²) in [5.41, 5.74) is 5.39. The maximum Gasteiger partial charge on any atom is 0.472 e. The molecule has 0 saturated carbocycles. The van der Waals surface area contributed by atoms with E-state index in [4.69, 9.17) is 24.3 Å². The molecule has 0 aromatic rings. The highest BCUT2D eigenvalue weighted by Gasteiger charge is 2.26. The summed E-state index contributed by atoms with van der Waals surface area (Å²) in [5.74, 6) is -0.817. The quantitative estimate of drug-likeness (QED) is 0.0264. The van der Waals surface area contributed by atoms with E-state index in [9.17, 15) is 19.0 Å². The van der Waals surface area contributed by atoms with Crippen molar-refractivity contribution in [3.63, 3.8) is 0 Å². The molecule has 0 aromatic carbocycles. The minimum atomic E-state index is -4.39. The predicted molar refractivity (Wildman–Crippen MR) is 312 cm³/mol. The van der Waals surface area contributed by atoms with Crippen molar-refractivity contribution < 1.29 is 37.6 Å². The van der Waals surface area contributed by atoms with Crippen molar-refractivity contribution in [2.75, 3.05) is 26.4 Å².